The lowest BCUT2D eigenvalue weighted by molar-refractivity contribution is 0.340. The molecule has 1 atom stereocenters. The van der Waals surface area contributed by atoms with Crippen molar-refractivity contribution in [2.24, 2.45) is 5.92 Å². The summed E-state index contributed by atoms with van der Waals surface area (Å²) in [5.41, 5.74) is 0. The van der Waals surface area contributed by atoms with E-state index in [2.05, 4.69) is 32.8 Å². The van der Waals surface area contributed by atoms with E-state index in [0.717, 1.165) is 6.54 Å². The van der Waals surface area contributed by atoms with Gasteiger partial charge in [0.25, 0.3) is 0 Å². The molecule has 0 aliphatic rings. The van der Waals surface area contributed by atoms with Crippen molar-refractivity contribution in [3.63, 3.8) is 0 Å². The Morgan fingerprint density at radius 3 is 1.69 bits per heavy atom. The van der Waals surface area contributed by atoms with Crippen LogP contribution < -0.4 is 0 Å². The van der Waals surface area contributed by atoms with Gasteiger partial charge in [-0.2, -0.15) is 0 Å². The van der Waals surface area contributed by atoms with Crippen LogP contribution in [-0.2, 0) is 0 Å². The van der Waals surface area contributed by atoms with Crippen molar-refractivity contribution in [1.82, 2.24) is 4.90 Å². The highest BCUT2D eigenvalue weighted by Crippen LogP contribution is 2.21. The minimum atomic E-state index is 0.347. The monoisotopic (exact) mass is 183 g/mol. The molecule has 0 amide bonds. The van der Waals surface area contributed by atoms with Gasteiger partial charge < -0.3 is 4.90 Å². The molecule has 2 heteroatoms. The first-order valence-electron chi connectivity index (χ1n) is 5.52. The fourth-order valence-electron chi connectivity index (χ4n) is 1.46. The lowest BCUT2D eigenvalue weighted by Gasteiger charge is -2.24. The highest BCUT2D eigenvalue weighted by Gasteiger charge is 2.12. The van der Waals surface area contributed by atoms with Gasteiger partial charge in [-0.3, -0.25) is 0 Å². The molecular weight excluding hydrogens is 157 g/mol. The maximum atomic E-state index is 6.00. The lowest BCUT2D eigenvalue weighted by Crippen LogP contribution is -2.23. The first-order valence-corrected chi connectivity index (χ1v) is 5.52. The molecule has 13 heavy (non-hydrogen) atoms. The molecule has 0 aromatic rings. The molecule has 0 fully saturated rings. The van der Waals surface area contributed by atoms with Crippen molar-refractivity contribution in [3.05, 3.63) is 0 Å². The smallest absolute Gasteiger partial charge is 0.0720 e. The minimum absolute atomic E-state index is 0.347. The van der Waals surface area contributed by atoms with Crippen LogP contribution in [0.15, 0.2) is 0 Å². The van der Waals surface area contributed by atoms with Crippen LogP contribution in [0, 0.1) is 5.92 Å². The van der Waals surface area contributed by atoms with Crippen molar-refractivity contribution in [2.45, 2.75) is 46.4 Å². The van der Waals surface area contributed by atoms with E-state index in [1.54, 1.807) is 0 Å². The van der Waals surface area contributed by atoms with E-state index in [0.29, 0.717) is 11.7 Å². The second kappa shape index (κ2) is 10.1. The molecule has 0 bridgehead atoms. The van der Waals surface area contributed by atoms with Gasteiger partial charge in [-0.1, -0.05) is 46.4 Å². The Morgan fingerprint density at radius 2 is 1.46 bits per heavy atom. The summed E-state index contributed by atoms with van der Waals surface area (Å²) in [6.07, 6.45) is 2.40. The van der Waals surface area contributed by atoms with Gasteiger partial charge in [-0.15, -0.1) is 0 Å². The molecule has 1 nitrogen and oxygen atoms in total. The van der Waals surface area contributed by atoms with E-state index in [1.807, 2.05) is 13.8 Å². The van der Waals surface area contributed by atoms with Crippen molar-refractivity contribution < 1.29 is 0 Å². The first kappa shape index (κ1) is 15.5. The largest absolute Gasteiger partial charge is 0.310 e. The van der Waals surface area contributed by atoms with Crippen LogP contribution in [0.2, 0.25) is 5.82 Å². The highest BCUT2D eigenvalue weighted by atomic mass is 15.0. The van der Waals surface area contributed by atoms with Crippen LogP contribution in [0.3, 0.4) is 0 Å². The van der Waals surface area contributed by atoms with Crippen LogP contribution >= 0.6 is 0 Å². The second-order valence-electron chi connectivity index (χ2n) is 3.50. The second-order valence-corrected chi connectivity index (χ2v) is 3.50. The van der Waals surface area contributed by atoms with Crippen molar-refractivity contribution in [3.8, 4) is 0 Å². The molecule has 0 aromatic heterocycles. The molecule has 2 radical (unpaired) electrons. The number of nitrogens with zero attached hydrogens (tertiary/aromatic N) is 1. The van der Waals surface area contributed by atoms with Crippen LogP contribution in [0.4, 0.5) is 0 Å². The van der Waals surface area contributed by atoms with Crippen molar-refractivity contribution in [2.75, 3.05) is 20.6 Å². The third-order valence-electron chi connectivity index (χ3n) is 2.23. The van der Waals surface area contributed by atoms with Gasteiger partial charge in [0.1, 0.15) is 0 Å². The lowest BCUT2D eigenvalue weighted by atomic mass is 9.74. The topological polar surface area (TPSA) is 3.24 Å². The average molecular weight is 183 g/mol. The fourth-order valence-corrected chi connectivity index (χ4v) is 1.46. The van der Waals surface area contributed by atoms with Crippen LogP contribution in [0.5, 0.6) is 0 Å². The average Bonchev–Trinajstić information content (AvgIpc) is 2.08. The Kier molecular flexibility index (Phi) is 12.0. The zero-order valence-electron chi connectivity index (χ0n) is 10.3. The molecule has 0 N–H and O–H groups in total. The molecule has 0 saturated carbocycles. The van der Waals surface area contributed by atoms with Gasteiger partial charge in [-0.25, -0.2) is 0 Å². The Morgan fingerprint density at radius 1 is 1.08 bits per heavy atom. The zero-order valence-corrected chi connectivity index (χ0v) is 10.3. The predicted molar refractivity (Wildman–Crippen MR) is 63.5 cm³/mol. The van der Waals surface area contributed by atoms with Crippen LogP contribution in [0.1, 0.15) is 40.5 Å². The summed E-state index contributed by atoms with van der Waals surface area (Å²) in [4.78, 5) is 2.16. The normalized spacial score (nSPS) is 12.6. The molecule has 0 aromatic carbocycles. The summed E-state index contributed by atoms with van der Waals surface area (Å²) in [6, 6.07) is 0. The minimum Gasteiger partial charge on any atom is -0.310 e. The molecule has 0 aliphatic heterocycles. The first-order chi connectivity index (χ1) is 6.11. The Hall–Kier alpha value is 0.0249. The van der Waals surface area contributed by atoms with Gasteiger partial charge in [0, 0.05) is 0 Å². The van der Waals surface area contributed by atoms with Crippen molar-refractivity contribution in [1.29, 1.82) is 0 Å². The summed E-state index contributed by atoms with van der Waals surface area (Å²) in [5, 5.41) is 0. The Balaban J connectivity index is 0. The van der Waals surface area contributed by atoms with E-state index in [-0.39, 0.29) is 0 Å². The fraction of sp³-hybridized carbons (Fsp3) is 1.00. The third kappa shape index (κ3) is 8.36. The summed E-state index contributed by atoms with van der Waals surface area (Å²) in [6.45, 7) is 9.43. The van der Waals surface area contributed by atoms with Gasteiger partial charge in [-0.05, 0) is 26.6 Å². The molecule has 0 saturated heterocycles. The van der Waals surface area contributed by atoms with Gasteiger partial charge in [0.15, 0.2) is 0 Å². The quantitative estimate of drug-likeness (QED) is 0.592. The summed E-state index contributed by atoms with van der Waals surface area (Å²) in [5.74, 6) is 1.04. The number of hydrogen-bond acceptors (Lipinski definition) is 1. The maximum absolute atomic E-state index is 6.00. The number of rotatable bonds is 5. The Bertz CT molecular complexity index is 90.1. The van der Waals surface area contributed by atoms with Crippen LogP contribution in [0.25, 0.3) is 0 Å². The molecule has 0 heterocycles. The Labute approximate surface area is 86.3 Å². The van der Waals surface area contributed by atoms with Gasteiger partial charge in [0.05, 0.1) is 7.85 Å². The molecule has 0 aliphatic carbocycles. The maximum Gasteiger partial charge on any atom is 0.0720 e. The number of hydrogen-bond donors (Lipinski definition) is 0. The molecule has 0 spiro atoms. The van der Waals surface area contributed by atoms with Crippen molar-refractivity contribution >= 4 is 7.85 Å². The molecule has 0 unspecified atom stereocenters. The highest BCUT2D eigenvalue weighted by molar-refractivity contribution is 6.12. The molecule has 0 rings (SSSR count). The van der Waals surface area contributed by atoms with E-state index in [1.165, 1.54) is 12.8 Å². The van der Waals surface area contributed by atoms with Gasteiger partial charge in [0.2, 0.25) is 0 Å². The molecular formula is C11H26BN. The summed E-state index contributed by atoms with van der Waals surface area (Å²) >= 11 is 0. The van der Waals surface area contributed by atoms with E-state index in [4.69, 9.17) is 7.85 Å². The van der Waals surface area contributed by atoms with E-state index < -0.39 is 0 Å². The third-order valence-corrected chi connectivity index (χ3v) is 2.23. The summed E-state index contributed by atoms with van der Waals surface area (Å²) < 4.78 is 0. The zero-order chi connectivity index (χ0) is 10.9. The summed E-state index contributed by atoms with van der Waals surface area (Å²) in [7, 11) is 10.1. The van der Waals surface area contributed by atoms with E-state index in [9.17, 15) is 0 Å². The van der Waals surface area contributed by atoms with E-state index >= 15 is 0 Å². The van der Waals surface area contributed by atoms with Crippen LogP contribution in [-0.4, -0.2) is 33.4 Å². The SMILES string of the molecule is CC.[B][C@@H](CN(C)C)C(CC)CC. The molecule has 78 valence electrons. The predicted octanol–water partition coefficient (Wildman–Crippen LogP) is 2.97. The standard InChI is InChI=1S/C9H20BN.C2H6/c1-5-8(6-2)9(10)7-11(3)4;1-2/h8-9H,5-7H2,1-4H3;1-2H3/t9-;/m0./s1. The van der Waals surface area contributed by atoms with Gasteiger partial charge >= 0.3 is 0 Å².